The second-order valence-corrected chi connectivity index (χ2v) is 4.25. The summed E-state index contributed by atoms with van der Waals surface area (Å²) in [4.78, 5) is 8.14. The SMILES string of the molecule is COc1cc(C)c(-c2cc(Cl)ncn2)c(C)c1. The molecule has 0 fully saturated rings. The van der Waals surface area contributed by atoms with E-state index in [9.17, 15) is 0 Å². The number of aromatic nitrogens is 2. The first-order chi connectivity index (χ1) is 8.11. The average molecular weight is 249 g/mol. The van der Waals surface area contributed by atoms with E-state index in [1.54, 1.807) is 13.2 Å². The predicted molar refractivity (Wildman–Crippen MR) is 68.5 cm³/mol. The molecule has 88 valence electrons. The lowest BCUT2D eigenvalue weighted by Gasteiger charge is -2.11. The van der Waals surface area contributed by atoms with Gasteiger partial charge in [0.25, 0.3) is 0 Å². The van der Waals surface area contributed by atoms with E-state index in [1.807, 2.05) is 26.0 Å². The minimum atomic E-state index is 0.449. The van der Waals surface area contributed by atoms with Gasteiger partial charge < -0.3 is 4.74 Å². The van der Waals surface area contributed by atoms with Crippen LogP contribution in [0.25, 0.3) is 11.3 Å². The molecular weight excluding hydrogens is 236 g/mol. The Morgan fingerprint density at radius 2 is 1.71 bits per heavy atom. The topological polar surface area (TPSA) is 35.0 Å². The van der Waals surface area contributed by atoms with Crippen LogP contribution in [0, 0.1) is 13.8 Å². The fourth-order valence-electron chi connectivity index (χ4n) is 1.92. The van der Waals surface area contributed by atoms with E-state index in [0.29, 0.717) is 5.15 Å². The molecule has 0 amide bonds. The van der Waals surface area contributed by atoms with Crippen LogP contribution in [0.5, 0.6) is 5.75 Å². The molecule has 0 bridgehead atoms. The van der Waals surface area contributed by atoms with E-state index in [-0.39, 0.29) is 0 Å². The van der Waals surface area contributed by atoms with Crippen molar-refractivity contribution in [2.45, 2.75) is 13.8 Å². The van der Waals surface area contributed by atoms with Gasteiger partial charge >= 0.3 is 0 Å². The van der Waals surface area contributed by atoms with Crippen molar-refractivity contribution in [3.8, 4) is 17.0 Å². The third-order valence-electron chi connectivity index (χ3n) is 2.63. The molecule has 0 saturated carbocycles. The van der Waals surface area contributed by atoms with Gasteiger partial charge in [-0.2, -0.15) is 0 Å². The lowest BCUT2D eigenvalue weighted by Crippen LogP contribution is -1.94. The molecule has 0 unspecified atom stereocenters. The van der Waals surface area contributed by atoms with Crippen LogP contribution < -0.4 is 4.74 Å². The Labute approximate surface area is 105 Å². The fraction of sp³-hybridized carbons (Fsp3) is 0.231. The number of nitrogens with zero attached hydrogens (tertiary/aromatic N) is 2. The van der Waals surface area contributed by atoms with Crippen molar-refractivity contribution in [3.05, 3.63) is 40.8 Å². The summed E-state index contributed by atoms with van der Waals surface area (Å²) < 4.78 is 5.23. The Morgan fingerprint density at radius 1 is 1.06 bits per heavy atom. The van der Waals surface area contributed by atoms with E-state index in [2.05, 4.69) is 9.97 Å². The highest BCUT2D eigenvalue weighted by atomic mass is 35.5. The number of methoxy groups -OCH3 is 1. The number of hydrogen-bond acceptors (Lipinski definition) is 3. The maximum Gasteiger partial charge on any atom is 0.133 e. The van der Waals surface area contributed by atoms with E-state index >= 15 is 0 Å². The highest BCUT2D eigenvalue weighted by Gasteiger charge is 2.09. The maximum absolute atomic E-state index is 5.88. The first-order valence-corrected chi connectivity index (χ1v) is 5.62. The summed E-state index contributed by atoms with van der Waals surface area (Å²) in [6.07, 6.45) is 1.47. The Kier molecular flexibility index (Phi) is 3.29. The molecular formula is C13H13ClN2O. The molecule has 0 radical (unpaired) electrons. The zero-order valence-electron chi connectivity index (χ0n) is 9.99. The van der Waals surface area contributed by atoms with Crippen LogP contribution in [-0.4, -0.2) is 17.1 Å². The molecule has 2 aromatic rings. The molecule has 0 atom stereocenters. The molecule has 17 heavy (non-hydrogen) atoms. The summed E-state index contributed by atoms with van der Waals surface area (Å²) >= 11 is 5.88. The van der Waals surface area contributed by atoms with Gasteiger partial charge in [-0.25, -0.2) is 9.97 Å². The monoisotopic (exact) mass is 248 g/mol. The Bertz CT molecular complexity index is 532. The van der Waals surface area contributed by atoms with Gasteiger partial charge in [0.15, 0.2) is 0 Å². The van der Waals surface area contributed by atoms with Crippen molar-refractivity contribution in [3.63, 3.8) is 0 Å². The summed E-state index contributed by atoms with van der Waals surface area (Å²) in [5.74, 6) is 0.851. The van der Waals surface area contributed by atoms with Gasteiger partial charge in [-0.05, 0) is 37.1 Å². The third-order valence-corrected chi connectivity index (χ3v) is 2.84. The number of benzene rings is 1. The maximum atomic E-state index is 5.88. The zero-order chi connectivity index (χ0) is 12.4. The Hall–Kier alpha value is -1.61. The van der Waals surface area contributed by atoms with Gasteiger partial charge in [-0.1, -0.05) is 11.6 Å². The van der Waals surface area contributed by atoms with Crippen molar-refractivity contribution < 1.29 is 4.74 Å². The van der Waals surface area contributed by atoms with Crippen LogP contribution in [-0.2, 0) is 0 Å². The largest absolute Gasteiger partial charge is 0.497 e. The van der Waals surface area contributed by atoms with Crippen LogP contribution in [0.1, 0.15) is 11.1 Å². The van der Waals surface area contributed by atoms with Gasteiger partial charge in [-0.15, -0.1) is 0 Å². The van der Waals surface area contributed by atoms with Crippen LogP contribution in [0.4, 0.5) is 0 Å². The lowest BCUT2D eigenvalue weighted by molar-refractivity contribution is 0.414. The molecule has 0 spiro atoms. The molecule has 2 rings (SSSR count). The number of aryl methyl sites for hydroxylation is 2. The molecule has 0 saturated heterocycles. The molecule has 0 aliphatic rings. The van der Waals surface area contributed by atoms with Crippen molar-refractivity contribution in [1.29, 1.82) is 0 Å². The third kappa shape index (κ3) is 2.39. The van der Waals surface area contributed by atoms with E-state index in [0.717, 1.165) is 28.1 Å². The van der Waals surface area contributed by atoms with Crippen molar-refractivity contribution in [2.75, 3.05) is 7.11 Å². The summed E-state index contributed by atoms with van der Waals surface area (Å²) in [5.41, 5.74) is 4.13. The second-order valence-electron chi connectivity index (χ2n) is 3.86. The van der Waals surface area contributed by atoms with Crippen LogP contribution in [0.3, 0.4) is 0 Å². The average Bonchev–Trinajstić information content (AvgIpc) is 2.28. The normalized spacial score (nSPS) is 10.4. The van der Waals surface area contributed by atoms with E-state index < -0.39 is 0 Å². The van der Waals surface area contributed by atoms with Crippen LogP contribution in [0.2, 0.25) is 5.15 Å². The smallest absolute Gasteiger partial charge is 0.133 e. The van der Waals surface area contributed by atoms with Crippen LogP contribution in [0.15, 0.2) is 24.5 Å². The van der Waals surface area contributed by atoms with Gasteiger partial charge in [0.2, 0.25) is 0 Å². The second kappa shape index (κ2) is 4.72. The van der Waals surface area contributed by atoms with Gasteiger partial charge in [0.1, 0.15) is 17.2 Å². The standard InChI is InChI=1S/C13H13ClN2O/c1-8-4-10(17-3)5-9(2)13(8)11-6-12(14)16-7-15-11/h4-7H,1-3H3. The number of hydrogen-bond donors (Lipinski definition) is 0. The highest BCUT2D eigenvalue weighted by molar-refractivity contribution is 6.29. The van der Waals surface area contributed by atoms with Crippen molar-refractivity contribution >= 4 is 11.6 Å². The molecule has 0 aliphatic heterocycles. The Balaban J connectivity index is 2.60. The lowest BCUT2D eigenvalue weighted by atomic mass is 9.99. The molecule has 4 heteroatoms. The quantitative estimate of drug-likeness (QED) is 0.764. The first-order valence-electron chi connectivity index (χ1n) is 5.25. The summed E-state index contributed by atoms with van der Waals surface area (Å²) in [5, 5.41) is 0.449. The first kappa shape index (κ1) is 11.9. The molecule has 0 aliphatic carbocycles. The molecule has 1 aromatic heterocycles. The summed E-state index contributed by atoms with van der Waals surface area (Å²) in [7, 11) is 1.66. The minimum Gasteiger partial charge on any atom is -0.497 e. The van der Waals surface area contributed by atoms with Crippen molar-refractivity contribution in [2.24, 2.45) is 0 Å². The van der Waals surface area contributed by atoms with E-state index in [1.165, 1.54) is 6.33 Å². The van der Waals surface area contributed by atoms with Crippen molar-refractivity contribution in [1.82, 2.24) is 9.97 Å². The molecule has 0 N–H and O–H groups in total. The van der Waals surface area contributed by atoms with Gasteiger partial charge in [0, 0.05) is 11.6 Å². The molecule has 1 aromatic carbocycles. The molecule has 1 heterocycles. The van der Waals surface area contributed by atoms with E-state index in [4.69, 9.17) is 16.3 Å². The number of ether oxygens (including phenoxy) is 1. The highest BCUT2D eigenvalue weighted by Crippen LogP contribution is 2.30. The number of rotatable bonds is 2. The predicted octanol–water partition coefficient (Wildman–Crippen LogP) is 3.42. The Morgan fingerprint density at radius 3 is 2.24 bits per heavy atom. The van der Waals surface area contributed by atoms with Crippen LogP contribution >= 0.6 is 11.6 Å². The minimum absolute atomic E-state index is 0.449. The zero-order valence-corrected chi connectivity index (χ0v) is 10.7. The molecule has 3 nitrogen and oxygen atoms in total. The van der Waals surface area contributed by atoms with Gasteiger partial charge in [-0.3, -0.25) is 0 Å². The fourth-order valence-corrected chi connectivity index (χ4v) is 2.06. The summed E-state index contributed by atoms with van der Waals surface area (Å²) in [6, 6.07) is 5.74. The number of halogens is 1. The summed E-state index contributed by atoms with van der Waals surface area (Å²) in [6.45, 7) is 4.06. The van der Waals surface area contributed by atoms with Gasteiger partial charge in [0.05, 0.1) is 12.8 Å².